The molecule has 0 aromatic carbocycles. The Morgan fingerprint density at radius 3 is 2.32 bits per heavy atom. The van der Waals surface area contributed by atoms with Crippen LogP contribution in [0.25, 0.3) is 0 Å². The number of carbonyl (C=O) groups is 1. The highest BCUT2D eigenvalue weighted by atomic mass is 16.1. The summed E-state index contributed by atoms with van der Waals surface area (Å²) < 4.78 is 0. The number of nitrogens with two attached hydrogens (primary N) is 2. The first-order valence-electron chi connectivity index (χ1n) is 8.34. The summed E-state index contributed by atoms with van der Waals surface area (Å²) in [5.41, 5.74) is 13.5. The molecule has 0 atom stereocenters. The van der Waals surface area contributed by atoms with Crippen molar-refractivity contribution >= 4 is 17.4 Å². The zero-order chi connectivity index (χ0) is 15.4. The zero-order valence-electron chi connectivity index (χ0n) is 13.0. The maximum atomic E-state index is 11.8. The van der Waals surface area contributed by atoms with Gasteiger partial charge in [0, 0.05) is 12.2 Å². The standard InChI is InChI=1S/C17H24N4O/c1-8-7-20-16(18)13(17(19)22)14(8)21-15-11-3-9-2-10(5-11)6-12(15)4-9/h7,9-12,15H,2-6H2,1H3,(H2,19,22)(H3,18,20,21). The number of nitrogens with one attached hydrogen (secondary N) is 1. The molecule has 0 unspecified atom stereocenters. The second-order valence-corrected chi connectivity index (χ2v) is 7.54. The number of hydrogen-bond donors (Lipinski definition) is 3. The monoisotopic (exact) mass is 300 g/mol. The molecule has 0 aliphatic heterocycles. The van der Waals surface area contributed by atoms with Crippen molar-refractivity contribution in [3.8, 4) is 0 Å². The maximum Gasteiger partial charge on any atom is 0.254 e. The summed E-state index contributed by atoms with van der Waals surface area (Å²) >= 11 is 0. The smallest absolute Gasteiger partial charge is 0.254 e. The van der Waals surface area contributed by atoms with E-state index in [1.165, 1.54) is 32.1 Å². The first-order valence-corrected chi connectivity index (χ1v) is 8.34. The summed E-state index contributed by atoms with van der Waals surface area (Å²) in [5.74, 6) is 3.04. The summed E-state index contributed by atoms with van der Waals surface area (Å²) in [6, 6.07) is 0.450. The number of rotatable bonds is 3. The second kappa shape index (κ2) is 4.86. The molecular weight excluding hydrogens is 276 g/mol. The van der Waals surface area contributed by atoms with Crippen LogP contribution < -0.4 is 16.8 Å². The third-order valence-corrected chi connectivity index (χ3v) is 6.08. The van der Waals surface area contributed by atoms with Crippen molar-refractivity contribution in [1.82, 2.24) is 4.98 Å². The molecule has 0 saturated heterocycles. The van der Waals surface area contributed by atoms with Crippen molar-refractivity contribution in [2.24, 2.45) is 29.4 Å². The topological polar surface area (TPSA) is 94.0 Å². The van der Waals surface area contributed by atoms with Gasteiger partial charge in [0.25, 0.3) is 5.91 Å². The molecule has 1 amide bonds. The maximum absolute atomic E-state index is 11.8. The van der Waals surface area contributed by atoms with Gasteiger partial charge in [0.1, 0.15) is 11.4 Å². The predicted molar refractivity (Wildman–Crippen MR) is 86.4 cm³/mol. The molecule has 5 heteroatoms. The van der Waals surface area contributed by atoms with Crippen LogP contribution in [0.3, 0.4) is 0 Å². The van der Waals surface area contributed by atoms with E-state index in [0.717, 1.165) is 34.9 Å². The van der Waals surface area contributed by atoms with Crippen molar-refractivity contribution in [3.63, 3.8) is 0 Å². The van der Waals surface area contributed by atoms with Crippen molar-refractivity contribution in [1.29, 1.82) is 0 Å². The van der Waals surface area contributed by atoms with Gasteiger partial charge in [-0.05, 0) is 68.3 Å². The molecule has 118 valence electrons. The number of amides is 1. The van der Waals surface area contributed by atoms with Gasteiger partial charge in [0.05, 0.1) is 5.69 Å². The van der Waals surface area contributed by atoms with Gasteiger partial charge in [-0.1, -0.05) is 0 Å². The van der Waals surface area contributed by atoms with Gasteiger partial charge in [-0.3, -0.25) is 4.79 Å². The summed E-state index contributed by atoms with van der Waals surface area (Å²) in [6.45, 7) is 1.96. The molecule has 5 N–H and O–H groups in total. The van der Waals surface area contributed by atoms with Gasteiger partial charge in [-0.25, -0.2) is 4.98 Å². The van der Waals surface area contributed by atoms with Crippen LogP contribution in [0, 0.1) is 30.6 Å². The van der Waals surface area contributed by atoms with Crippen LogP contribution in [0.2, 0.25) is 0 Å². The number of primary amides is 1. The van der Waals surface area contributed by atoms with E-state index in [-0.39, 0.29) is 5.82 Å². The number of aromatic nitrogens is 1. The van der Waals surface area contributed by atoms with E-state index < -0.39 is 5.91 Å². The summed E-state index contributed by atoms with van der Waals surface area (Å²) in [7, 11) is 0. The van der Waals surface area contributed by atoms with Gasteiger partial charge >= 0.3 is 0 Å². The molecule has 0 radical (unpaired) electrons. The third kappa shape index (κ3) is 2.06. The Labute approximate surface area is 130 Å². The lowest BCUT2D eigenvalue weighted by Gasteiger charge is -2.54. The summed E-state index contributed by atoms with van der Waals surface area (Å²) in [6.07, 6.45) is 8.48. The van der Waals surface area contributed by atoms with E-state index in [2.05, 4.69) is 10.3 Å². The van der Waals surface area contributed by atoms with Gasteiger partial charge in [-0.15, -0.1) is 0 Å². The normalized spacial score (nSPS) is 35.6. The second-order valence-electron chi connectivity index (χ2n) is 7.54. The molecule has 5 nitrogen and oxygen atoms in total. The van der Waals surface area contributed by atoms with E-state index >= 15 is 0 Å². The lowest BCUT2D eigenvalue weighted by molar-refractivity contribution is 0.00750. The number of nitrogen functional groups attached to an aromatic ring is 1. The van der Waals surface area contributed by atoms with Crippen LogP contribution in [0.4, 0.5) is 11.5 Å². The van der Waals surface area contributed by atoms with Crippen molar-refractivity contribution in [2.45, 2.75) is 45.1 Å². The molecule has 4 aliphatic rings. The van der Waals surface area contributed by atoms with E-state index in [9.17, 15) is 4.79 Å². The Balaban J connectivity index is 1.67. The van der Waals surface area contributed by atoms with Crippen LogP contribution in [0.5, 0.6) is 0 Å². The molecule has 4 fully saturated rings. The van der Waals surface area contributed by atoms with Crippen molar-refractivity contribution in [2.75, 3.05) is 11.1 Å². The number of pyridine rings is 1. The van der Waals surface area contributed by atoms with E-state index in [1.807, 2.05) is 6.92 Å². The minimum atomic E-state index is -0.500. The lowest BCUT2D eigenvalue weighted by atomic mass is 9.54. The van der Waals surface area contributed by atoms with Crippen LogP contribution >= 0.6 is 0 Å². The fourth-order valence-corrected chi connectivity index (χ4v) is 5.38. The number of aryl methyl sites for hydroxylation is 1. The Bertz CT molecular complexity index is 599. The minimum absolute atomic E-state index is 0.226. The van der Waals surface area contributed by atoms with Gasteiger partial charge < -0.3 is 16.8 Å². The minimum Gasteiger partial charge on any atom is -0.383 e. The number of hydrogen-bond acceptors (Lipinski definition) is 4. The Kier molecular flexibility index (Phi) is 3.06. The Morgan fingerprint density at radius 1 is 1.18 bits per heavy atom. The highest BCUT2D eigenvalue weighted by molar-refractivity contribution is 6.03. The first-order chi connectivity index (χ1) is 10.5. The van der Waals surface area contributed by atoms with Crippen molar-refractivity contribution in [3.05, 3.63) is 17.3 Å². The first kappa shape index (κ1) is 13.9. The van der Waals surface area contributed by atoms with E-state index in [0.29, 0.717) is 11.6 Å². The molecule has 22 heavy (non-hydrogen) atoms. The van der Waals surface area contributed by atoms with E-state index in [4.69, 9.17) is 11.5 Å². The molecule has 1 heterocycles. The largest absolute Gasteiger partial charge is 0.383 e. The quantitative estimate of drug-likeness (QED) is 0.798. The Morgan fingerprint density at radius 2 is 1.77 bits per heavy atom. The van der Waals surface area contributed by atoms with Crippen LogP contribution in [-0.2, 0) is 0 Å². The third-order valence-electron chi connectivity index (χ3n) is 6.08. The van der Waals surface area contributed by atoms with Gasteiger partial charge in [-0.2, -0.15) is 0 Å². The number of anilines is 2. The molecule has 4 saturated carbocycles. The molecule has 4 bridgehead atoms. The SMILES string of the molecule is Cc1cnc(N)c(C(N)=O)c1NC1C2CC3CC(C2)CC1C3. The van der Waals surface area contributed by atoms with Crippen LogP contribution in [0.1, 0.15) is 48.0 Å². The highest BCUT2D eigenvalue weighted by Gasteiger charge is 2.48. The predicted octanol–water partition coefficient (Wildman–Crippen LogP) is 2.31. The molecule has 0 spiro atoms. The fourth-order valence-electron chi connectivity index (χ4n) is 5.38. The Hall–Kier alpha value is -1.78. The van der Waals surface area contributed by atoms with Crippen molar-refractivity contribution < 1.29 is 4.79 Å². The molecular formula is C17H24N4O. The average molecular weight is 300 g/mol. The molecule has 5 rings (SSSR count). The van der Waals surface area contributed by atoms with Gasteiger partial charge in [0.15, 0.2) is 0 Å². The van der Waals surface area contributed by atoms with Gasteiger partial charge in [0.2, 0.25) is 0 Å². The average Bonchev–Trinajstić information content (AvgIpc) is 2.45. The fraction of sp³-hybridized carbons (Fsp3) is 0.647. The molecule has 1 aromatic rings. The van der Waals surface area contributed by atoms with E-state index in [1.54, 1.807) is 6.20 Å². The molecule has 4 aliphatic carbocycles. The number of carbonyl (C=O) groups excluding carboxylic acids is 1. The van der Waals surface area contributed by atoms with Crippen LogP contribution in [0.15, 0.2) is 6.20 Å². The summed E-state index contributed by atoms with van der Waals surface area (Å²) in [4.78, 5) is 15.9. The zero-order valence-corrected chi connectivity index (χ0v) is 13.0. The summed E-state index contributed by atoms with van der Waals surface area (Å²) in [5, 5.41) is 3.66. The highest BCUT2D eigenvalue weighted by Crippen LogP contribution is 2.54. The lowest BCUT2D eigenvalue weighted by Crippen LogP contribution is -2.51. The van der Waals surface area contributed by atoms with Crippen LogP contribution in [-0.4, -0.2) is 16.9 Å². The number of nitrogens with zero attached hydrogens (tertiary/aromatic N) is 1. The molecule has 1 aromatic heterocycles.